The number of halogens is 2. The van der Waals surface area contributed by atoms with Crippen molar-refractivity contribution in [1.29, 1.82) is 0 Å². The molecule has 0 aliphatic carbocycles. The Morgan fingerprint density at radius 2 is 1.96 bits per heavy atom. The topological polar surface area (TPSA) is 42.9 Å². The van der Waals surface area contributed by atoms with E-state index in [0.717, 1.165) is 49.0 Å². The normalized spacial score (nSPS) is 23.8. The zero-order valence-corrected chi connectivity index (χ0v) is 19.7. The van der Waals surface area contributed by atoms with Crippen LogP contribution in [0.2, 0.25) is 0 Å². The van der Waals surface area contributed by atoms with Crippen LogP contribution in [0.4, 0.5) is 5.69 Å². The van der Waals surface area contributed by atoms with Crippen molar-refractivity contribution in [3.63, 3.8) is 0 Å². The number of aliphatic imine (C=N–C) groups is 1. The number of anilines is 1. The second kappa shape index (κ2) is 10.7. The number of rotatable bonds is 5. The molecule has 0 spiro atoms. The van der Waals surface area contributed by atoms with Crippen LogP contribution in [0.5, 0.6) is 0 Å². The molecule has 2 N–H and O–H groups in total. The molecule has 2 aliphatic rings. The van der Waals surface area contributed by atoms with Gasteiger partial charge in [-0.2, -0.15) is 0 Å². The minimum atomic E-state index is 0. The van der Waals surface area contributed by atoms with Crippen LogP contribution in [0, 0.1) is 5.92 Å². The van der Waals surface area contributed by atoms with Gasteiger partial charge in [-0.1, -0.05) is 22.9 Å². The molecule has 2 saturated heterocycles. The van der Waals surface area contributed by atoms with Gasteiger partial charge >= 0.3 is 0 Å². The van der Waals surface area contributed by atoms with Gasteiger partial charge in [-0.3, -0.25) is 4.99 Å². The zero-order chi connectivity index (χ0) is 17.6. The lowest BCUT2D eigenvalue weighted by Gasteiger charge is -2.21. The van der Waals surface area contributed by atoms with Crippen molar-refractivity contribution in [1.82, 2.24) is 15.5 Å². The first-order valence-electron chi connectivity index (χ1n) is 9.38. The van der Waals surface area contributed by atoms with Gasteiger partial charge in [-0.25, -0.2) is 0 Å². The molecule has 2 aliphatic heterocycles. The third kappa shape index (κ3) is 5.99. The molecule has 3 rings (SSSR count). The van der Waals surface area contributed by atoms with Crippen molar-refractivity contribution in [3.05, 3.63) is 28.7 Å². The summed E-state index contributed by atoms with van der Waals surface area (Å²) in [5, 5.41) is 7.13. The van der Waals surface area contributed by atoms with Crippen molar-refractivity contribution in [3.8, 4) is 0 Å². The molecule has 0 radical (unpaired) electrons. The third-order valence-corrected chi connectivity index (χ3v) is 5.85. The van der Waals surface area contributed by atoms with Crippen LogP contribution in [-0.4, -0.2) is 63.2 Å². The average molecular weight is 536 g/mol. The molecule has 26 heavy (non-hydrogen) atoms. The summed E-state index contributed by atoms with van der Waals surface area (Å²) in [5.41, 5.74) is 1.29. The molecule has 0 saturated carbocycles. The minimum absolute atomic E-state index is 0. The largest absolute Gasteiger partial charge is 0.369 e. The molecule has 2 fully saturated rings. The lowest BCUT2D eigenvalue weighted by Crippen LogP contribution is -2.46. The average Bonchev–Trinajstić information content (AvgIpc) is 3.28. The van der Waals surface area contributed by atoms with Crippen LogP contribution < -0.4 is 15.5 Å². The van der Waals surface area contributed by atoms with E-state index < -0.39 is 0 Å². The summed E-state index contributed by atoms with van der Waals surface area (Å²) in [7, 11) is 1.86. The van der Waals surface area contributed by atoms with Crippen LogP contribution >= 0.6 is 39.9 Å². The lowest BCUT2D eigenvalue weighted by atomic mass is 10.1. The summed E-state index contributed by atoms with van der Waals surface area (Å²) < 4.78 is 1.13. The van der Waals surface area contributed by atoms with E-state index in [1.165, 1.54) is 25.2 Å². The van der Waals surface area contributed by atoms with E-state index >= 15 is 0 Å². The lowest BCUT2D eigenvalue weighted by molar-refractivity contribution is 0.341. The molecule has 146 valence electrons. The molecular formula is C19H31BrIN5. The summed E-state index contributed by atoms with van der Waals surface area (Å²) in [5.74, 6) is 1.68. The smallest absolute Gasteiger partial charge is 0.191 e. The Balaban J connectivity index is 0.00000243. The second-order valence-corrected chi connectivity index (χ2v) is 7.97. The number of hydrogen-bond donors (Lipinski definition) is 2. The van der Waals surface area contributed by atoms with E-state index in [4.69, 9.17) is 0 Å². The van der Waals surface area contributed by atoms with Crippen molar-refractivity contribution in [2.24, 2.45) is 10.9 Å². The standard InChI is InChI=1S/C19H30BrN5.HI/c1-3-24-10-8-15(13-24)12-22-19(21-2)23-17-9-11-25(14-17)18-6-4-16(20)5-7-18;/h4-7,15,17H,3,8-14H2,1-2H3,(H2,21,22,23);1H. The third-order valence-electron chi connectivity index (χ3n) is 5.32. The van der Waals surface area contributed by atoms with Crippen LogP contribution in [0.15, 0.2) is 33.7 Å². The van der Waals surface area contributed by atoms with E-state index in [1.54, 1.807) is 0 Å². The summed E-state index contributed by atoms with van der Waals surface area (Å²) in [6, 6.07) is 9.03. The predicted molar refractivity (Wildman–Crippen MR) is 125 cm³/mol. The van der Waals surface area contributed by atoms with Crippen molar-refractivity contribution in [2.75, 3.05) is 51.2 Å². The summed E-state index contributed by atoms with van der Waals surface area (Å²) in [6.07, 6.45) is 2.43. The highest BCUT2D eigenvalue weighted by Gasteiger charge is 2.24. The highest BCUT2D eigenvalue weighted by Crippen LogP contribution is 2.22. The molecule has 0 aromatic heterocycles. The van der Waals surface area contributed by atoms with Crippen molar-refractivity contribution < 1.29 is 0 Å². The molecule has 7 heteroatoms. The summed E-state index contributed by atoms with van der Waals surface area (Å²) in [4.78, 5) is 9.38. The predicted octanol–water partition coefficient (Wildman–Crippen LogP) is 3.15. The van der Waals surface area contributed by atoms with Gasteiger partial charge < -0.3 is 20.4 Å². The molecular weight excluding hydrogens is 505 g/mol. The zero-order valence-electron chi connectivity index (χ0n) is 15.7. The Bertz CT molecular complexity index is 580. The van der Waals surface area contributed by atoms with Gasteiger partial charge in [0.25, 0.3) is 0 Å². The van der Waals surface area contributed by atoms with Crippen LogP contribution in [0.1, 0.15) is 19.8 Å². The number of guanidine groups is 1. The van der Waals surface area contributed by atoms with Gasteiger partial charge in [0.15, 0.2) is 5.96 Å². The van der Waals surface area contributed by atoms with Gasteiger partial charge in [0.1, 0.15) is 0 Å². The number of benzene rings is 1. The number of nitrogens with zero attached hydrogens (tertiary/aromatic N) is 3. The maximum Gasteiger partial charge on any atom is 0.191 e. The van der Waals surface area contributed by atoms with Crippen molar-refractivity contribution >= 4 is 51.6 Å². The first kappa shape index (κ1) is 21.8. The van der Waals surface area contributed by atoms with E-state index in [0.29, 0.717) is 6.04 Å². The van der Waals surface area contributed by atoms with Gasteiger partial charge in [0.2, 0.25) is 0 Å². The first-order chi connectivity index (χ1) is 12.2. The van der Waals surface area contributed by atoms with Crippen LogP contribution in [0.3, 0.4) is 0 Å². The Kier molecular flexibility index (Phi) is 8.96. The Hall–Kier alpha value is -0.540. The highest BCUT2D eigenvalue weighted by molar-refractivity contribution is 14.0. The molecule has 1 aromatic carbocycles. The SMILES string of the molecule is CCN1CCC(CNC(=NC)NC2CCN(c3ccc(Br)cc3)C2)C1.I. The number of hydrogen-bond acceptors (Lipinski definition) is 3. The van der Waals surface area contributed by atoms with E-state index in [-0.39, 0.29) is 24.0 Å². The van der Waals surface area contributed by atoms with Crippen LogP contribution in [0.25, 0.3) is 0 Å². The Labute approximate surface area is 183 Å². The molecule has 1 aromatic rings. The summed E-state index contributed by atoms with van der Waals surface area (Å²) >= 11 is 3.50. The highest BCUT2D eigenvalue weighted by atomic mass is 127. The van der Waals surface area contributed by atoms with Crippen LogP contribution in [-0.2, 0) is 0 Å². The van der Waals surface area contributed by atoms with Gasteiger partial charge in [-0.15, -0.1) is 24.0 Å². The van der Waals surface area contributed by atoms with Crippen molar-refractivity contribution in [2.45, 2.75) is 25.8 Å². The molecule has 2 atom stereocenters. The monoisotopic (exact) mass is 535 g/mol. The molecule has 0 bridgehead atoms. The fourth-order valence-corrected chi connectivity index (χ4v) is 4.02. The first-order valence-corrected chi connectivity index (χ1v) is 10.2. The second-order valence-electron chi connectivity index (χ2n) is 7.05. The molecule has 2 heterocycles. The summed E-state index contributed by atoms with van der Waals surface area (Å²) in [6.45, 7) is 8.98. The molecule has 2 unspecified atom stereocenters. The maximum absolute atomic E-state index is 4.42. The molecule has 0 amide bonds. The van der Waals surface area contributed by atoms with Gasteiger partial charge in [0, 0.05) is 49.4 Å². The Morgan fingerprint density at radius 1 is 1.19 bits per heavy atom. The van der Waals surface area contributed by atoms with Gasteiger partial charge in [0.05, 0.1) is 0 Å². The number of likely N-dealkylation sites (tertiary alicyclic amines) is 1. The fraction of sp³-hybridized carbons (Fsp3) is 0.632. The number of nitrogens with one attached hydrogen (secondary N) is 2. The van der Waals surface area contributed by atoms with E-state index in [2.05, 4.69) is 72.5 Å². The molecule has 5 nitrogen and oxygen atoms in total. The van der Waals surface area contributed by atoms with E-state index in [9.17, 15) is 0 Å². The van der Waals surface area contributed by atoms with E-state index in [1.807, 2.05) is 7.05 Å². The quantitative estimate of drug-likeness (QED) is 0.345. The minimum Gasteiger partial charge on any atom is -0.369 e. The fourth-order valence-electron chi connectivity index (χ4n) is 3.76. The Morgan fingerprint density at radius 3 is 2.62 bits per heavy atom. The van der Waals surface area contributed by atoms with Gasteiger partial charge in [-0.05, 0) is 56.1 Å². The maximum atomic E-state index is 4.42.